The number of aryl methyl sites for hydroxylation is 1. The van der Waals surface area contributed by atoms with Crippen LogP contribution in [-0.4, -0.2) is 28.6 Å². The molecule has 0 spiro atoms. The molecule has 2 heterocycles. The van der Waals surface area contributed by atoms with Crippen molar-refractivity contribution >= 4 is 35.1 Å². The van der Waals surface area contributed by atoms with Gasteiger partial charge in [-0.15, -0.1) is 5.10 Å². The van der Waals surface area contributed by atoms with Crippen LogP contribution in [-0.2, 0) is 16.0 Å². The molecule has 2 amide bonds. The number of anilines is 2. The Bertz CT molecular complexity index is 1000. The van der Waals surface area contributed by atoms with Gasteiger partial charge in [0.1, 0.15) is 0 Å². The van der Waals surface area contributed by atoms with E-state index in [0.717, 1.165) is 11.3 Å². The SMILES string of the molecule is O=C(CCc1ccccc1)Nc1nnc([C@H]2CC(=O)N(c3ccc(Cl)cc3)C2)o1. The van der Waals surface area contributed by atoms with Crippen LogP contribution in [0.3, 0.4) is 0 Å². The monoisotopic (exact) mass is 410 g/mol. The van der Waals surface area contributed by atoms with E-state index in [9.17, 15) is 9.59 Å². The summed E-state index contributed by atoms with van der Waals surface area (Å²) in [6.45, 7) is 0.435. The molecule has 0 unspecified atom stereocenters. The van der Waals surface area contributed by atoms with Crippen molar-refractivity contribution in [3.8, 4) is 0 Å². The third-order valence-corrected chi connectivity index (χ3v) is 5.04. The smallest absolute Gasteiger partial charge is 0.322 e. The van der Waals surface area contributed by atoms with Crippen LogP contribution in [0, 0.1) is 0 Å². The van der Waals surface area contributed by atoms with Crippen LogP contribution in [0.2, 0.25) is 5.02 Å². The molecule has 0 aliphatic carbocycles. The van der Waals surface area contributed by atoms with Crippen molar-refractivity contribution in [3.05, 3.63) is 71.1 Å². The van der Waals surface area contributed by atoms with Gasteiger partial charge < -0.3 is 9.32 Å². The highest BCUT2D eigenvalue weighted by molar-refractivity contribution is 6.30. The van der Waals surface area contributed by atoms with Crippen LogP contribution in [0.4, 0.5) is 11.7 Å². The summed E-state index contributed by atoms with van der Waals surface area (Å²) in [4.78, 5) is 26.2. The maximum Gasteiger partial charge on any atom is 0.322 e. The van der Waals surface area contributed by atoms with Crippen LogP contribution in [0.15, 0.2) is 59.0 Å². The maximum absolute atomic E-state index is 12.4. The zero-order chi connectivity index (χ0) is 20.2. The van der Waals surface area contributed by atoms with E-state index in [0.29, 0.717) is 30.3 Å². The highest BCUT2D eigenvalue weighted by Gasteiger charge is 2.35. The second-order valence-electron chi connectivity index (χ2n) is 6.86. The summed E-state index contributed by atoms with van der Waals surface area (Å²) in [5.41, 5.74) is 1.86. The van der Waals surface area contributed by atoms with Crippen molar-refractivity contribution in [2.24, 2.45) is 0 Å². The molecule has 7 nitrogen and oxygen atoms in total. The van der Waals surface area contributed by atoms with Gasteiger partial charge in [-0.2, -0.15) is 0 Å². The summed E-state index contributed by atoms with van der Waals surface area (Å²) in [7, 11) is 0. The lowest BCUT2D eigenvalue weighted by Crippen LogP contribution is -2.24. The van der Waals surface area contributed by atoms with Gasteiger partial charge in [0, 0.05) is 30.1 Å². The largest absolute Gasteiger partial charge is 0.407 e. The van der Waals surface area contributed by atoms with Gasteiger partial charge in [0.15, 0.2) is 0 Å². The number of rotatable bonds is 6. The standard InChI is InChI=1S/C21H19ClN4O3/c22-16-7-9-17(10-8-16)26-13-15(12-19(26)28)20-24-25-21(29-20)23-18(27)11-6-14-4-2-1-3-5-14/h1-5,7-10,15H,6,11-13H2,(H,23,25,27)/t15-/m0/s1. The van der Waals surface area contributed by atoms with Gasteiger partial charge in [0.2, 0.25) is 17.7 Å². The van der Waals surface area contributed by atoms with Crippen molar-refractivity contribution in [3.63, 3.8) is 0 Å². The van der Waals surface area contributed by atoms with Crippen molar-refractivity contribution in [2.45, 2.75) is 25.2 Å². The number of nitrogens with zero attached hydrogens (tertiary/aromatic N) is 3. The summed E-state index contributed by atoms with van der Waals surface area (Å²) < 4.78 is 5.59. The minimum Gasteiger partial charge on any atom is -0.407 e. The third-order valence-electron chi connectivity index (χ3n) is 4.78. The molecule has 2 aromatic carbocycles. The van der Waals surface area contributed by atoms with Crippen molar-refractivity contribution in [1.29, 1.82) is 0 Å². The van der Waals surface area contributed by atoms with Crippen molar-refractivity contribution in [2.75, 3.05) is 16.8 Å². The molecule has 29 heavy (non-hydrogen) atoms. The van der Waals surface area contributed by atoms with Gasteiger partial charge in [-0.3, -0.25) is 14.9 Å². The first kappa shape index (κ1) is 19.1. The molecule has 8 heteroatoms. The normalized spacial score (nSPS) is 16.2. The fraction of sp³-hybridized carbons (Fsp3) is 0.238. The summed E-state index contributed by atoms with van der Waals surface area (Å²) in [5.74, 6) is -0.105. The highest BCUT2D eigenvalue weighted by Crippen LogP contribution is 2.32. The van der Waals surface area contributed by atoms with E-state index < -0.39 is 0 Å². The van der Waals surface area contributed by atoms with Crippen LogP contribution in [0.5, 0.6) is 0 Å². The number of hydrogen-bond donors (Lipinski definition) is 1. The molecule has 1 aromatic heterocycles. The first-order valence-electron chi connectivity index (χ1n) is 9.31. The van der Waals surface area contributed by atoms with Gasteiger partial charge in [-0.05, 0) is 36.2 Å². The quantitative estimate of drug-likeness (QED) is 0.667. The van der Waals surface area contributed by atoms with Crippen LogP contribution >= 0.6 is 11.6 Å². The number of carbonyl (C=O) groups is 2. The zero-order valence-electron chi connectivity index (χ0n) is 15.5. The Kier molecular flexibility index (Phi) is 5.57. The molecule has 1 aliphatic rings. The predicted molar refractivity (Wildman–Crippen MR) is 109 cm³/mol. The van der Waals surface area contributed by atoms with E-state index in [1.165, 1.54) is 0 Å². The molecule has 1 fully saturated rings. The Balaban J connectivity index is 1.34. The minimum atomic E-state index is -0.222. The molecule has 0 radical (unpaired) electrons. The number of nitrogens with one attached hydrogen (secondary N) is 1. The molecule has 1 aliphatic heterocycles. The Hall–Kier alpha value is -3.19. The van der Waals surface area contributed by atoms with Crippen molar-refractivity contribution in [1.82, 2.24) is 10.2 Å². The maximum atomic E-state index is 12.4. The number of aromatic nitrogens is 2. The molecule has 148 valence electrons. The Morgan fingerprint density at radius 3 is 2.66 bits per heavy atom. The minimum absolute atomic E-state index is 0.0241. The first-order chi connectivity index (χ1) is 14.1. The second-order valence-corrected chi connectivity index (χ2v) is 7.30. The second kappa shape index (κ2) is 8.45. The molecule has 1 N–H and O–H groups in total. The Labute approximate surface area is 172 Å². The summed E-state index contributed by atoms with van der Waals surface area (Å²) in [6, 6.07) is 16.9. The van der Waals surface area contributed by atoms with Crippen LogP contribution < -0.4 is 10.2 Å². The lowest BCUT2D eigenvalue weighted by atomic mass is 10.1. The van der Waals surface area contributed by atoms with Crippen molar-refractivity contribution < 1.29 is 14.0 Å². The zero-order valence-corrected chi connectivity index (χ0v) is 16.3. The molecular formula is C21H19ClN4O3. The molecule has 0 saturated carbocycles. The number of hydrogen-bond acceptors (Lipinski definition) is 5. The molecule has 1 atom stereocenters. The van der Waals surface area contributed by atoms with Crippen LogP contribution in [0.1, 0.15) is 30.2 Å². The first-order valence-corrected chi connectivity index (χ1v) is 9.69. The number of benzene rings is 2. The van der Waals surface area contributed by atoms with Gasteiger partial charge in [0.25, 0.3) is 0 Å². The topological polar surface area (TPSA) is 88.3 Å². The van der Waals surface area contributed by atoms with Gasteiger partial charge in [-0.25, -0.2) is 0 Å². The van der Waals surface area contributed by atoms with E-state index in [1.807, 2.05) is 30.3 Å². The van der Waals surface area contributed by atoms with Gasteiger partial charge in [0.05, 0.1) is 5.92 Å². The molecule has 4 rings (SSSR count). The predicted octanol–water partition coefficient (Wildman–Crippen LogP) is 3.81. The van der Waals surface area contributed by atoms with E-state index in [1.54, 1.807) is 29.2 Å². The molecule has 0 bridgehead atoms. The third kappa shape index (κ3) is 4.63. The fourth-order valence-electron chi connectivity index (χ4n) is 3.28. The van der Waals surface area contributed by atoms with E-state index in [2.05, 4.69) is 15.5 Å². The summed E-state index contributed by atoms with van der Waals surface area (Å²) in [5, 5.41) is 11.1. The van der Waals surface area contributed by atoms with Gasteiger partial charge >= 0.3 is 6.01 Å². The Morgan fingerprint density at radius 1 is 1.14 bits per heavy atom. The lowest BCUT2D eigenvalue weighted by Gasteiger charge is -2.15. The van der Waals surface area contributed by atoms with E-state index in [-0.39, 0.29) is 30.2 Å². The number of halogens is 1. The van der Waals surface area contributed by atoms with Gasteiger partial charge in [-0.1, -0.05) is 47.0 Å². The number of carbonyl (C=O) groups excluding carboxylic acids is 2. The van der Waals surface area contributed by atoms with E-state index in [4.69, 9.17) is 16.0 Å². The highest BCUT2D eigenvalue weighted by atomic mass is 35.5. The fourth-order valence-corrected chi connectivity index (χ4v) is 3.40. The summed E-state index contributed by atoms with van der Waals surface area (Å²) in [6.07, 6.45) is 1.21. The number of amides is 2. The molecular weight excluding hydrogens is 392 g/mol. The molecule has 3 aromatic rings. The lowest BCUT2D eigenvalue weighted by molar-refractivity contribution is -0.117. The van der Waals surface area contributed by atoms with Crippen LogP contribution in [0.25, 0.3) is 0 Å². The average molecular weight is 411 g/mol. The molecule has 1 saturated heterocycles. The van der Waals surface area contributed by atoms with E-state index >= 15 is 0 Å². The Morgan fingerprint density at radius 2 is 1.90 bits per heavy atom. The average Bonchev–Trinajstić information content (AvgIpc) is 3.34. The summed E-state index contributed by atoms with van der Waals surface area (Å²) >= 11 is 5.91.